The Bertz CT molecular complexity index is 1560. The number of nitrogens with zero attached hydrogens (tertiary/aromatic N) is 3. The van der Waals surface area contributed by atoms with Crippen LogP contribution >= 0.6 is 60.1 Å². The van der Waals surface area contributed by atoms with E-state index in [1.54, 1.807) is 40.3 Å². The van der Waals surface area contributed by atoms with Crippen LogP contribution < -0.4 is 14.2 Å². The number of rotatable bonds is 3. The molecule has 0 fully saturated rings. The molecule has 6 aromatic rings. The Kier molecular flexibility index (Phi) is 11.2. The van der Waals surface area contributed by atoms with Crippen LogP contribution in [0.25, 0.3) is 33.1 Å². The summed E-state index contributed by atoms with van der Waals surface area (Å²) in [5.41, 5.74) is 5.78. The molecule has 0 saturated heterocycles. The second-order valence-electron chi connectivity index (χ2n) is 7.07. The molecular formula is C24H22Br4N6O3. The van der Waals surface area contributed by atoms with Crippen molar-refractivity contribution in [2.45, 2.75) is 0 Å². The molecule has 0 atom stereocenters. The minimum atomic E-state index is 0.801. The van der Waals surface area contributed by atoms with Gasteiger partial charge in [0.05, 0.1) is 76.8 Å². The monoisotopic (exact) mass is 758 g/mol. The standard InChI is InChI=1S/2C8H7BrN2O.C8H8N2O.Br2/c1-12-8-3-7-6(2-5(8)9)10-4-11-7;1-12-6-3-2-5-8(7(6)9)11-4-10-5;1-11-6-2-3-7-8(4-6)10-5-9-7;1-2/h2*2-4H,1H3,(H,10,11);2-5H,1H3,(H,9,10);. The molecule has 37 heavy (non-hydrogen) atoms. The highest BCUT2D eigenvalue weighted by Crippen LogP contribution is 2.31. The Morgan fingerprint density at radius 3 is 1.92 bits per heavy atom. The highest BCUT2D eigenvalue weighted by atomic mass is 80.9. The van der Waals surface area contributed by atoms with Gasteiger partial charge >= 0.3 is 0 Å². The lowest BCUT2D eigenvalue weighted by molar-refractivity contribution is 0.412. The largest absolute Gasteiger partial charge is 0.497 e. The molecule has 13 heteroatoms. The number of fused-ring (bicyclic) bond motifs is 3. The van der Waals surface area contributed by atoms with E-state index >= 15 is 0 Å². The zero-order valence-electron chi connectivity index (χ0n) is 19.9. The molecule has 3 heterocycles. The normalized spacial score (nSPS) is 10.0. The van der Waals surface area contributed by atoms with Crippen LogP contribution in [-0.2, 0) is 0 Å². The number of ether oxygens (including phenoxy) is 3. The van der Waals surface area contributed by atoms with Gasteiger partial charge in [-0.25, -0.2) is 15.0 Å². The summed E-state index contributed by atoms with van der Waals surface area (Å²) in [5, 5.41) is 0. The molecule has 0 saturated carbocycles. The lowest BCUT2D eigenvalue weighted by atomic mass is 10.3. The first-order valence-electron chi connectivity index (χ1n) is 10.5. The predicted molar refractivity (Wildman–Crippen MR) is 161 cm³/mol. The van der Waals surface area contributed by atoms with E-state index in [0.717, 1.165) is 59.3 Å². The maximum absolute atomic E-state index is 5.12. The summed E-state index contributed by atoms with van der Waals surface area (Å²) in [6.45, 7) is 0. The first-order chi connectivity index (χ1) is 18.0. The van der Waals surface area contributed by atoms with Gasteiger partial charge in [0.1, 0.15) is 22.8 Å². The quantitative estimate of drug-likeness (QED) is 0.169. The second kappa shape index (κ2) is 14.4. The average Bonchev–Trinajstić information content (AvgIpc) is 3.70. The molecule has 0 aliphatic rings. The number of halogens is 4. The fraction of sp³-hybridized carbons (Fsp3) is 0.125. The van der Waals surface area contributed by atoms with E-state index in [4.69, 9.17) is 14.2 Å². The van der Waals surface area contributed by atoms with Gasteiger partial charge in [0.25, 0.3) is 0 Å². The highest BCUT2D eigenvalue weighted by Gasteiger charge is 2.06. The number of nitrogens with one attached hydrogen (secondary N) is 3. The molecule has 0 unspecified atom stereocenters. The number of methoxy groups -OCH3 is 3. The minimum absolute atomic E-state index is 0.801. The molecule has 0 aliphatic carbocycles. The van der Waals surface area contributed by atoms with E-state index < -0.39 is 0 Å². The van der Waals surface area contributed by atoms with Crippen LogP contribution in [0.3, 0.4) is 0 Å². The van der Waals surface area contributed by atoms with E-state index in [2.05, 4.69) is 90.0 Å². The first-order valence-corrected chi connectivity index (χ1v) is 15.8. The maximum Gasteiger partial charge on any atom is 0.135 e. The number of imidazole rings is 3. The van der Waals surface area contributed by atoms with Crippen molar-refractivity contribution in [3.05, 3.63) is 70.4 Å². The van der Waals surface area contributed by atoms with Crippen LogP contribution in [0.2, 0.25) is 0 Å². The van der Waals surface area contributed by atoms with Crippen LogP contribution in [0.15, 0.2) is 70.4 Å². The van der Waals surface area contributed by atoms with E-state index in [1.165, 1.54) is 0 Å². The fourth-order valence-corrected chi connectivity index (χ4v) is 4.36. The third kappa shape index (κ3) is 7.24. The summed E-state index contributed by atoms with van der Waals surface area (Å²) in [4.78, 5) is 21.4. The maximum atomic E-state index is 5.12. The number of aromatic nitrogens is 6. The summed E-state index contributed by atoms with van der Waals surface area (Å²) in [5.74, 6) is 2.45. The molecule has 194 valence electrons. The van der Waals surface area contributed by atoms with Gasteiger partial charge in [0.15, 0.2) is 0 Å². The van der Waals surface area contributed by atoms with Crippen molar-refractivity contribution in [2.24, 2.45) is 0 Å². The van der Waals surface area contributed by atoms with E-state index in [9.17, 15) is 0 Å². The Balaban J connectivity index is 0.000000149. The van der Waals surface area contributed by atoms with Crippen molar-refractivity contribution in [1.82, 2.24) is 29.9 Å². The molecular weight excluding hydrogens is 740 g/mol. The van der Waals surface area contributed by atoms with Gasteiger partial charge in [-0.2, -0.15) is 0 Å². The number of aromatic amines is 3. The molecule has 3 N–H and O–H groups in total. The second-order valence-corrected chi connectivity index (χ2v) is 8.72. The topological polar surface area (TPSA) is 114 Å². The van der Waals surface area contributed by atoms with Gasteiger partial charge in [-0.05, 0) is 62.2 Å². The lowest BCUT2D eigenvalue weighted by Gasteiger charge is -2.01. The lowest BCUT2D eigenvalue weighted by Crippen LogP contribution is -1.84. The zero-order chi connectivity index (χ0) is 26.8. The molecule has 3 aromatic carbocycles. The van der Waals surface area contributed by atoms with Crippen LogP contribution in [0, 0.1) is 0 Å². The number of H-pyrrole nitrogens is 3. The van der Waals surface area contributed by atoms with Crippen LogP contribution in [0.5, 0.6) is 17.2 Å². The van der Waals surface area contributed by atoms with Crippen LogP contribution in [0.4, 0.5) is 0 Å². The third-order valence-electron chi connectivity index (χ3n) is 5.04. The molecule has 6 rings (SSSR count). The van der Waals surface area contributed by atoms with Crippen molar-refractivity contribution in [3.8, 4) is 17.2 Å². The molecule has 0 aliphatic heterocycles. The summed E-state index contributed by atoms with van der Waals surface area (Å²) in [7, 11) is 4.93. The molecule has 0 bridgehead atoms. The van der Waals surface area contributed by atoms with Crippen molar-refractivity contribution in [3.63, 3.8) is 0 Å². The number of hydrogen-bond acceptors (Lipinski definition) is 6. The molecule has 9 nitrogen and oxygen atoms in total. The van der Waals surface area contributed by atoms with Crippen molar-refractivity contribution < 1.29 is 14.2 Å². The van der Waals surface area contributed by atoms with Gasteiger partial charge in [-0.3, -0.25) is 0 Å². The first kappa shape index (κ1) is 29.0. The molecule has 0 amide bonds. The van der Waals surface area contributed by atoms with Crippen molar-refractivity contribution >= 4 is 93.2 Å². The summed E-state index contributed by atoms with van der Waals surface area (Å²) < 4.78 is 17.1. The van der Waals surface area contributed by atoms with E-state index in [-0.39, 0.29) is 0 Å². The predicted octanol–water partition coefficient (Wildman–Crippen LogP) is 7.93. The fourth-order valence-electron chi connectivity index (χ4n) is 3.25. The average molecular weight is 762 g/mol. The van der Waals surface area contributed by atoms with Crippen LogP contribution in [-0.4, -0.2) is 51.2 Å². The van der Waals surface area contributed by atoms with Gasteiger partial charge in [0, 0.05) is 40.4 Å². The van der Waals surface area contributed by atoms with Crippen LogP contribution in [0.1, 0.15) is 0 Å². The van der Waals surface area contributed by atoms with Gasteiger partial charge in [0.2, 0.25) is 0 Å². The zero-order valence-corrected chi connectivity index (χ0v) is 26.2. The van der Waals surface area contributed by atoms with E-state index in [1.807, 2.05) is 42.5 Å². The smallest absolute Gasteiger partial charge is 0.135 e. The molecule has 0 radical (unpaired) electrons. The van der Waals surface area contributed by atoms with E-state index in [0.29, 0.717) is 0 Å². The number of benzene rings is 3. The summed E-state index contributed by atoms with van der Waals surface area (Å²) in [6, 6.07) is 13.4. The molecule has 0 spiro atoms. The third-order valence-corrected chi connectivity index (χ3v) is 6.42. The van der Waals surface area contributed by atoms with Gasteiger partial charge < -0.3 is 29.2 Å². The van der Waals surface area contributed by atoms with Crippen molar-refractivity contribution in [2.75, 3.05) is 21.3 Å². The molecule has 3 aromatic heterocycles. The Labute approximate surface area is 244 Å². The SMILES string of the molecule is BrBr.COc1cc2nc[nH]c2cc1Br.COc1ccc2[nH]cnc2c1Br.COc1ccc2nc[nH]c2c1. The Hall–Kier alpha value is -2.61. The van der Waals surface area contributed by atoms with Crippen molar-refractivity contribution in [1.29, 1.82) is 0 Å². The van der Waals surface area contributed by atoms with Gasteiger partial charge in [-0.15, -0.1) is 0 Å². The summed E-state index contributed by atoms with van der Waals surface area (Å²) in [6.07, 6.45) is 5.00. The number of hydrogen-bond donors (Lipinski definition) is 3. The van der Waals surface area contributed by atoms with Gasteiger partial charge in [-0.1, -0.05) is 0 Å². The minimum Gasteiger partial charge on any atom is -0.497 e. The Morgan fingerprint density at radius 1 is 0.622 bits per heavy atom. The summed E-state index contributed by atoms with van der Waals surface area (Å²) >= 11 is 12.3. The highest BCUT2D eigenvalue weighted by molar-refractivity contribution is 9.93. The Morgan fingerprint density at radius 2 is 1.24 bits per heavy atom.